The number of hydrazone groups is 1. The van der Waals surface area contributed by atoms with Crippen LogP contribution in [0.1, 0.15) is 33.1 Å². The van der Waals surface area contributed by atoms with Gasteiger partial charge >= 0.3 is 0 Å². The van der Waals surface area contributed by atoms with E-state index in [1.807, 2.05) is 13.0 Å². The quantitative estimate of drug-likeness (QED) is 0.456. The number of carbonyl (C=O) groups is 2. The normalized spacial score (nSPS) is 16.5. The molecule has 3 rings (SSSR count). The second-order valence-corrected chi connectivity index (χ2v) is 8.54. The number of benzene rings is 2. The number of para-hydroxylation sites is 1. The van der Waals surface area contributed by atoms with E-state index in [1.54, 1.807) is 31.2 Å². The minimum Gasteiger partial charge on any atom is -0.326 e. The maximum atomic E-state index is 12.8. The molecule has 0 radical (unpaired) electrons. The molecular formula is C21H23N5O5S. The van der Waals surface area contributed by atoms with E-state index in [0.717, 1.165) is 12.5 Å². The number of nitrogens with one attached hydrogen (secondary N) is 1. The Morgan fingerprint density at radius 3 is 2.59 bits per heavy atom. The van der Waals surface area contributed by atoms with Crippen molar-refractivity contribution in [2.45, 2.75) is 44.0 Å². The molecule has 1 aliphatic heterocycles. The van der Waals surface area contributed by atoms with Gasteiger partial charge < -0.3 is 5.32 Å². The highest BCUT2D eigenvalue weighted by Gasteiger charge is 2.34. The van der Waals surface area contributed by atoms with Crippen molar-refractivity contribution in [3.8, 4) is 0 Å². The van der Waals surface area contributed by atoms with Crippen molar-refractivity contribution in [2.75, 3.05) is 10.3 Å². The summed E-state index contributed by atoms with van der Waals surface area (Å²) in [4.78, 5) is 24.3. The molecular weight excluding hydrogens is 434 g/mol. The average molecular weight is 458 g/mol. The second kappa shape index (κ2) is 9.79. The van der Waals surface area contributed by atoms with Crippen molar-refractivity contribution in [3.63, 3.8) is 0 Å². The van der Waals surface area contributed by atoms with Crippen LogP contribution in [-0.2, 0) is 19.7 Å². The molecule has 32 heavy (non-hydrogen) atoms. The molecule has 0 aliphatic carbocycles. The molecule has 11 heteroatoms. The standard InChI is InChI=1S/C21H23N5O5S/c1-3-4-10-19(27)22-15-11-12-18(32(29,30)31)17(13-15)23-24-20-14(2)25-26(21(20)28)16-8-6-5-7-9-16/h5-9,11-13,20H,3-4,10H2,1-2H3,(H,22,27)(H,29,30,31). The van der Waals surface area contributed by atoms with E-state index in [4.69, 9.17) is 0 Å². The van der Waals surface area contributed by atoms with Gasteiger partial charge in [-0.05, 0) is 43.7 Å². The number of hydrogen-bond donors (Lipinski definition) is 2. The van der Waals surface area contributed by atoms with Gasteiger partial charge in [-0.3, -0.25) is 14.1 Å². The summed E-state index contributed by atoms with van der Waals surface area (Å²) >= 11 is 0. The molecule has 10 nitrogen and oxygen atoms in total. The average Bonchev–Trinajstić information content (AvgIpc) is 3.04. The first-order valence-corrected chi connectivity index (χ1v) is 11.4. The van der Waals surface area contributed by atoms with Gasteiger partial charge in [-0.1, -0.05) is 31.5 Å². The summed E-state index contributed by atoms with van der Waals surface area (Å²) in [6.07, 6.45) is 1.88. The van der Waals surface area contributed by atoms with Crippen LogP contribution in [0.4, 0.5) is 17.1 Å². The molecule has 1 atom stereocenters. The molecule has 2 aromatic carbocycles. The van der Waals surface area contributed by atoms with Crippen molar-refractivity contribution in [2.24, 2.45) is 15.3 Å². The Morgan fingerprint density at radius 1 is 1.22 bits per heavy atom. The minimum atomic E-state index is -4.61. The van der Waals surface area contributed by atoms with E-state index in [-0.39, 0.29) is 11.6 Å². The minimum absolute atomic E-state index is 0.209. The Labute approximate surface area is 185 Å². The van der Waals surface area contributed by atoms with Crippen molar-refractivity contribution in [3.05, 3.63) is 48.5 Å². The van der Waals surface area contributed by atoms with Crippen molar-refractivity contribution in [1.82, 2.24) is 0 Å². The zero-order valence-corrected chi connectivity index (χ0v) is 18.4. The fraction of sp³-hybridized carbons (Fsp3) is 0.286. The largest absolute Gasteiger partial charge is 0.326 e. The van der Waals surface area contributed by atoms with Gasteiger partial charge in [0.15, 0.2) is 6.04 Å². The zero-order valence-electron chi connectivity index (χ0n) is 17.6. The molecule has 2 amide bonds. The first kappa shape index (κ1) is 23.2. The molecule has 0 aromatic heterocycles. The SMILES string of the molecule is CCCCC(=O)Nc1ccc(S(=O)(=O)O)c(N=NC2C(=O)N(c3ccccc3)N=C2C)c1. The summed E-state index contributed by atoms with van der Waals surface area (Å²) in [6, 6.07) is 11.5. The number of nitrogens with zero attached hydrogens (tertiary/aromatic N) is 4. The van der Waals surface area contributed by atoms with Crippen LogP contribution in [0.15, 0.2) is 68.8 Å². The number of hydrogen-bond acceptors (Lipinski definition) is 7. The first-order chi connectivity index (χ1) is 15.2. The Bertz CT molecular complexity index is 1180. The van der Waals surface area contributed by atoms with E-state index >= 15 is 0 Å². The molecule has 0 fully saturated rings. The van der Waals surface area contributed by atoms with E-state index in [1.165, 1.54) is 17.1 Å². The first-order valence-electron chi connectivity index (χ1n) is 9.97. The van der Waals surface area contributed by atoms with Crippen molar-refractivity contribution >= 4 is 44.7 Å². The number of anilines is 2. The van der Waals surface area contributed by atoms with Crippen LogP contribution in [0.25, 0.3) is 0 Å². The number of azo groups is 1. The highest BCUT2D eigenvalue weighted by atomic mass is 32.2. The summed E-state index contributed by atoms with van der Waals surface area (Å²) in [7, 11) is -4.61. The molecule has 2 N–H and O–H groups in total. The third-order valence-electron chi connectivity index (χ3n) is 4.66. The molecule has 0 bridgehead atoms. The molecule has 1 unspecified atom stereocenters. The molecule has 2 aromatic rings. The van der Waals surface area contributed by atoms with E-state index in [2.05, 4.69) is 20.6 Å². The molecule has 0 spiro atoms. The Balaban J connectivity index is 1.87. The van der Waals surface area contributed by atoms with Gasteiger partial charge in [0, 0.05) is 12.1 Å². The van der Waals surface area contributed by atoms with Gasteiger partial charge in [0.05, 0.1) is 11.4 Å². The van der Waals surface area contributed by atoms with Crippen LogP contribution < -0.4 is 10.3 Å². The maximum absolute atomic E-state index is 12.8. The van der Waals surface area contributed by atoms with Crippen molar-refractivity contribution < 1.29 is 22.6 Å². The molecule has 0 saturated carbocycles. The van der Waals surface area contributed by atoms with Crippen LogP contribution in [0.3, 0.4) is 0 Å². The number of rotatable bonds is 8. The summed E-state index contributed by atoms with van der Waals surface area (Å²) in [5.74, 6) is -0.684. The molecule has 1 heterocycles. The fourth-order valence-electron chi connectivity index (χ4n) is 3.02. The lowest BCUT2D eigenvalue weighted by atomic mass is 10.2. The Morgan fingerprint density at radius 2 is 1.94 bits per heavy atom. The summed E-state index contributed by atoms with van der Waals surface area (Å²) < 4.78 is 33.0. The van der Waals surface area contributed by atoms with Crippen LogP contribution in [0.5, 0.6) is 0 Å². The lowest BCUT2D eigenvalue weighted by Crippen LogP contribution is -2.29. The van der Waals surface area contributed by atoms with Gasteiger partial charge in [0.25, 0.3) is 16.0 Å². The predicted octanol–water partition coefficient (Wildman–Crippen LogP) is 3.94. The lowest BCUT2D eigenvalue weighted by Gasteiger charge is -2.12. The Kier molecular flexibility index (Phi) is 7.11. The van der Waals surface area contributed by atoms with E-state index in [9.17, 15) is 22.6 Å². The van der Waals surface area contributed by atoms with Gasteiger partial charge in [0.2, 0.25) is 5.91 Å². The summed E-state index contributed by atoms with van der Waals surface area (Å²) in [6.45, 7) is 3.57. The van der Waals surface area contributed by atoms with Gasteiger partial charge in [-0.2, -0.15) is 28.8 Å². The number of carbonyl (C=O) groups excluding carboxylic acids is 2. The van der Waals surface area contributed by atoms with Crippen LogP contribution in [-0.4, -0.2) is 36.5 Å². The summed E-state index contributed by atoms with van der Waals surface area (Å²) in [5.41, 5.74) is 1.02. The summed E-state index contributed by atoms with van der Waals surface area (Å²) in [5, 5.41) is 16.0. The van der Waals surface area contributed by atoms with Gasteiger partial charge in [0.1, 0.15) is 10.6 Å². The van der Waals surface area contributed by atoms with E-state index in [0.29, 0.717) is 29.9 Å². The second-order valence-electron chi connectivity index (χ2n) is 7.15. The highest BCUT2D eigenvalue weighted by molar-refractivity contribution is 7.86. The smallest absolute Gasteiger partial charge is 0.296 e. The zero-order chi connectivity index (χ0) is 23.3. The van der Waals surface area contributed by atoms with Crippen LogP contribution in [0.2, 0.25) is 0 Å². The third kappa shape index (κ3) is 5.42. The highest BCUT2D eigenvalue weighted by Crippen LogP contribution is 2.30. The predicted molar refractivity (Wildman–Crippen MR) is 120 cm³/mol. The van der Waals surface area contributed by atoms with Crippen LogP contribution >= 0.6 is 0 Å². The molecule has 1 aliphatic rings. The van der Waals surface area contributed by atoms with Crippen LogP contribution in [0, 0.1) is 0 Å². The van der Waals surface area contributed by atoms with Crippen molar-refractivity contribution in [1.29, 1.82) is 0 Å². The van der Waals surface area contributed by atoms with Gasteiger partial charge in [-0.15, -0.1) is 0 Å². The third-order valence-corrected chi connectivity index (χ3v) is 5.56. The number of amides is 2. The molecule has 0 saturated heterocycles. The fourth-order valence-corrected chi connectivity index (χ4v) is 3.62. The number of unbranched alkanes of at least 4 members (excludes halogenated alkanes) is 1. The molecule has 168 valence electrons. The van der Waals surface area contributed by atoms with E-state index < -0.39 is 27.0 Å². The lowest BCUT2D eigenvalue weighted by molar-refractivity contribution is -0.118. The maximum Gasteiger partial charge on any atom is 0.296 e. The monoisotopic (exact) mass is 457 g/mol. The van der Waals surface area contributed by atoms with Gasteiger partial charge in [-0.25, -0.2) is 0 Å². The topological polar surface area (TPSA) is 141 Å². The Hall–Kier alpha value is -3.44.